The van der Waals surface area contributed by atoms with Gasteiger partial charge in [0.1, 0.15) is 0 Å². The zero-order chi connectivity index (χ0) is 17.6. The molecule has 0 amide bonds. The first-order chi connectivity index (χ1) is 12.2. The molecule has 3 rings (SSSR count). The minimum Gasteiger partial charge on any atom is -0.493 e. The molecular weight excluding hydrogens is 320 g/mol. The van der Waals surface area contributed by atoms with Crippen molar-refractivity contribution in [3.8, 4) is 28.6 Å². The van der Waals surface area contributed by atoms with Gasteiger partial charge in [0, 0.05) is 11.6 Å². The Balaban J connectivity index is 1.90. The monoisotopic (exact) mass is 338 g/mol. The van der Waals surface area contributed by atoms with Crippen LogP contribution < -0.4 is 14.2 Å². The Morgan fingerprint density at radius 1 is 0.880 bits per heavy atom. The minimum absolute atomic E-state index is 0.410. The highest BCUT2D eigenvalue weighted by molar-refractivity contribution is 5.69. The second-order valence-corrected chi connectivity index (χ2v) is 5.11. The van der Waals surface area contributed by atoms with E-state index in [2.05, 4.69) is 10.1 Å². The third-order valence-electron chi connectivity index (χ3n) is 3.58. The van der Waals surface area contributed by atoms with Crippen molar-refractivity contribution >= 4 is 12.2 Å². The van der Waals surface area contributed by atoms with Crippen LogP contribution in [-0.4, -0.2) is 31.5 Å². The molecule has 0 fully saturated rings. The van der Waals surface area contributed by atoms with Crippen molar-refractivity contribution in [3.63, 3.8) is 0 Å². The van der Waals surface area contributed by atoms with Crippen molar-refractivity contribution in [2.24, 2.45) is 0 Å². The van der Waals surface area contributed by atoms with Gasteiger partial charge in [-0.3, -0.25) is 0 Å². The Morgan fingerprint density at radius 3 is 2.16 bits per heavy atom. The molecule has 0 bridgehead atoms. The van der Waals surface area contributed by atoms with Crippen molar-refractivity contribution in [1.29, 1.82) is 0 Å². The highest BCUT2D eigenvalue weighted by Crippen LogP contribution is 2.40. The van der Waals surface area contributed by atoms with Crippen LogP contribution in [0, 0.1) is 0 Å². The van der Waals surface area contributed by atoms with Crippen molar-refractivity contribution in [2.45, 2.75) is 0 Å². The van der Waals surface area contributed by atoms with Gasteiger partial charge in [0.2, 0.25) is 11.6 Å². The second kappa shape index (κ2) is 7.53. The van der Waals surface area contributed by atoms with E-state index < -0.39 is 0 Å². The number of nitrogens with zero attached hydrogens (tertiary/aromatic N) is 2. The van der Waals surface area contributed by atoms with E-state index in [0.29, 0.717) is 34.5 Å². The van der Waals surface area contributed by atoms with Crippen LogP contribution in [0.4, 0.5) is 0 Å². The van der Waals surface area contributed by atoms with Crippen LogP contribution in [0.5, 0.6) is 17.2 Å². The lowest BCUT2D eigenvalue weighted by Gasteiger charge is -2.12. The third kappa shape index (κ3) is 3.63. The highest BCUT2D eigenvalue weighted by atomic mass is 16.5. The van der Waals surface area contributed by atoms with Gasteiger partial charge in [0.15, 0.2) is 11.5 Å². The molecule has 25 heavy (non-hydrogen) atoms. The van der Waals surface area contributed by atoms with Gasteiger partial charge >= 0.3 is 0 Å². The first-order valence-corrected chi connectivity index (χ1v) is 7.62. The maximum atomic E-state index is 5.35. The fraction of sp³-hybridized carbons (Fsp3) is 0.158. The summed E-state index contributed by atoms with van der Waals surface area (Å²) in [5.41, 5.74) is 1.76. The zero-order valence-electron chi connectivity index (χ0n) is 14.2. The van der Waals surface area contributed by atoms with Gasteiger partial charge in [-0.05, 0) is 23.8 Å². The van der Waals surface area contributed by atoms with Crippen molar-refractivity contribution < 1.29 is 18.7 Å². The largest absolute Gasteiger partial charge is 0.493 e. The van der Waals surface area contributed by atoms with E-state index in [1.54, 1.807) is 39.5 Å². The van der Waals surface area contributed by atoms with Crippen LogP contribution in [0.25, 0.3) is 23.5 Å². The highest BCUT2D eigenvalue weighted by Gasteiger charge is 2.16. The summed E-state index contributed by atoms with van der Waals surface area (Å²) in [5.74, 6) is 2.42. The lowest BCUT2D eigenvalue weighted by atomic mass is 10.1. The van der Waals surface area contributed by atoms with Crippen LogP contribution in [0.2, 0.25) is 0 Å². The van der Waals surface area contributed by atoms with Crippen LogP contribution in [0.3, 0.4) is 0 Å². The first-order valence-electron chi connectivity index (χ1n) is 7.62. The molecule has 6 nitrogen and oxygen atoms in total. The molecule has 0 unspecified atom stereocenters. The number of benzene rings is 2. The maximum Gasteiger partial charge on any atom is 0.250 e. The fourth-order valence-corrected chi connectivity index (χ4v) is 2.36. The van der Waals surface area contributed by atoms with Crippen molar-refractivity contribution in [3.05, 3.63) is 53.9 Å². The van der Waals surface area contributed by atoms with E-state index in [4.69, 9.17) is 18.7 Å². The summed E-state index contributed by atoms with van der Waals surface area (Å²) in [5, 5.41) is 4.02. The molecule has 0 aliphatic heterocycles. The predicted molar refractivity (Wildman–Crippen MR) is 94.8 cm³/mol. The lowest BCUT2D eigenvalue weighted by Crippen LogP contribution is -1.96. The Hall–Kier alpha value is -3.28. The average Bonchev–Trinajstić information content (AvgIpc) is 3.15. The average molecular weight is 338 g/mol. The van der Waals surface area contributed by atoms with E-state index in [9.17, 15) is 0 Å². The quantitative estimate of drug-likeness (QED) is 0.678. The van der Waals surface area contributed by atoms with Gasteiger partial charge in [-0.2, -0.15) is 4.98 Å². The van der Waals surface area contributed by atoms with Crippen LogP contribution in [-0.2, 0) is 0 Å². The lowest BCUT2D eigenvalue weighted by molar-refractivity contribution is 0.324. The summed E-state index contributed by atoms with van der Waals surface area (Å²) in [6.45, 7) is 0. The molecule has 0 radical (unpaired) electrons. The maximum absolute atomic E-state index is 5.35. The summed E-state index contributed by atoms with van der Waals surface area (Å²) in [4.78, 5) is 4.39. The molecule has 128 valence electrons. The van der Waals surface area contributed by atoms with Crippen LogP contribution in [0.1, 0.15) is 11.5 Å². The zero-order valence-corrected chi connectivity index (χ0v) is 14.2. The summed E-state index contributed by atoms with van der Waals surface area (Å²) in [6.07, 6.45) is 3.68. The molecule has 0 spiro atoms. The molecule has 0 aliphatic carbocycles. The number of hydrogen-bond acceptors (Lipinski definition) is 6. The van der Waals surface area contributed by atoms with E-state index in [-0.39, 0.29) is 0 Å². The van der Waals surface area contributed by atoms with Crippen LogP contribution in [0.15, 0.2) is 47.0 Å². The Morgan fingerprint density at radius 2 is 1.56 bits per heavy atom. The fourth-order valence-electron chi connectivity index (χ4n) is 2.36. The summed E-state index contributed by atoms with van der Waals surface area (Å²) in [7, 11) is 4.68. The SMILES string of the molecule is COc1cc(-c2noc(C=Cc3ccccc3)n2)cc(OC)c1OC. The minimum atomic E-state index is 0.410. The van der Waals surface area contributed by atoms with Gasteiger partial charge in [0.05, 0.1) is 21.3 Å². The smallest absolute Gasteiger partial charge is 0.250 e. The topological polar surface area (TPSA) is 66.6 Å². The van der Waals surface area contributed by atoms with Gasteiger partial charge in [-0.25, -0.2) is 0 Å². The van der Waals surface area contributed by atoms with Crippen LogP contribution >= 0.6 is 0 Å². The molecule has 0 saturated carbocycles. The van der Waals surface area contributed by atoms with E-state index in [1.165, 1.54) is 0 Å². The summed E-state index contributed by atoms with van der Waals surface area (Å²) < 4.78 is 21.3. The van der Waals surface area contributed by atoms with E-state index in [1.807, 2.05) is 36.4 Å². The molecular formula is C19H18N2O4. The molecule has 3 aromatic rings. The Bertz CT molecular complexity index is 847. The summed E-state index contributed by atoms with van der Waals surface area (Å²) in [6, 6.07) is 13.4. The second-order valence-electron chi connectivity index (χ2n) is 5.11. The third-order valence-corrected chi connectivity index (χ3v) is 3.58. The van der Waals surface area contributed by atoms with Gasteiger partial charge < -0.3 is 18.7 Å². The normalized spacial score (nSPS) is 10.8. The number of hydrogen-bond donors (Lipinski definition) is 0. The Labute approximate surface area is 145 Å². The standard InChI is InChI=1S/C19H18N2O4/c1-22-15-11-14(12-16(23-2)18(15)24-3)19-20-17(25-21-19)10-9-13-7-5-4-6-8-13/h4-12H,1-3H3. The number of methoxy groups -OCH3 is 3. The van der Waals surface area contributed by atoms with Crippen molar-refractivity contribution in [2.75, 3.05) is 21.3 Å². The molecule has 1 aromatic heterocycles. The predicted octanol–water partition coefficient (Wildman–Crippen LogP) is 3.93. The van der Waals surface area contributed by atoms with E-state index >= 15 is 0 Å². The molecule has 6 heteroatoms. The number of rotatable bonds is 6. The number of ether oxygens (including phenoxy) is 3. The van der Waals surface area contributed by atoms with Gasteiger partial charge in [-0.1, -0.05) is 35.5 Å². The molecule has 1 heterocycles. The molecule has 0 aliphatic rings. The molecule has 2 aromatic carbocycles. The number of aromatic nitrogens is 2. The molecule has 0 N–H and O–H groups in total. The van der Waals surface area contributed by atoms with Gasteiger partial charge in [0.25, 0.3) is 5.89 Å². The Kier molecular flexibility index (Phi) is 4.99. The van der Waals surface area contributed by atoms with Gasteiger partial charge in [-0.15, -0.1) is 0 Å². The molecule has 0 saturated heterocycles. The first kappa shape index (κ1) is 16.6. The van der Waals surface area contributed by atoms with E-state index in [0.717, 1.165) is 5.56 Å². The molecule has 0 atom stereocenters. The summed E-state index contributed by atoms with van der Waals surface area (Å²) >= 11 is 0. The van der Waals surface area contributed by atoms with Crippen molar-refractivity contribution in [1.82, 2.24) is 10.1 Å².